The summed E-state index contributed by atoms with van der Waals surface area (Å²) >= 11 is 0. The standard InChI is InChI=1S/C15H15N3O2/c19-15(20)13-8-9-14(18-17-13)16-12-7-3-5-10-4-1-2-6-11(10)12/h3,5,7-9H,1-2,4,6H2,(H,16,18)(H,19,20). The largest absolute Gasteiger partial charge is 0.476 e. The van der Waals surface area contributed by atoms with Crippen molar-refractivity contribution in [3.8, 4) is 0 Å². The molecule has 3 rings (SSSR count). The maximum absolute atomic E-state index is 10.7. The highest BCUT2D eigenvalue weighted by Crippen LogP contribution is 2.29. The third kappa shape index (κ3) is 2.47. The molecule has 1 aromatic heterocycles. The van der Waals surface area contributed by atoms with Gasteiger partial charge in [-0.3, -0.25) is 0 Å². The maximum atomic E-state index is 10.7. The molecule has 1 aliphatic carbocycles. The average Bonchev–Trinajstić information content (AvgIpc) is 2.48. The van der Waals surface area contributed by atoms with Crippen molar-refractivity contribution in [2.24, 2.45) is 0 Å². The number of rotatable bonds is 3. The van der Waals surface area contributed by atoms with Crippen LogP contribution in [-0.4, -0.2) is 21.3 Å². The summed E-state index contributed by atoms with van der Waals surface area (Å²) in [5.41, 5.74) is 3.71. The Hall–Kier alpha value is -2.43. The molecule has 0 bridgehead atoms. The van der Waals surface area contributed by atoms with Crippen LogP contribution >= 0.6 is 0 Å². The normalized spacial score (nSPS) is 13.6. The summed E-state index contributed by atoms with van der Waals surface area (Å²) in [5.74, 6) is -0.505. The smallest absolute Gasteiger partial charge is 0.356 e. The van der Waals surface area contributed by atoms with Gasteiger partial charge in [0.05, 0.1) is 0 Å². The van der Waals surface area contributed by atoms with Gasteiger partial charge in [0.15, 0.2) is 11.5 Å². The molecule has 0 aliphatic heterocycles. The van der Waals surface area contributed by atoms with Crippen LogP contribution in [0.4, 0.5) is 11.5 Å². The number of anilines is 2. The van der Waals surface area contributed by atoms with Crippen LogP contribution in [0, 0.1) is 0 Å². The first-order valence-corrected chi connectivity index (χ1v) is 6.69. The van der Waals surface area contributed by atoms with Gasteiger partial charge >= 0.3 is 5.97 Å². The molecular weight excluding hydrogens is 254 g/mol. The number of carboxylic acid groups (broad SMARTS) is 1. The predicted molar refractivity (Wildman–Crippen MR) is 75.4 cm³/mol. The number of hydrogen-bond donors (Lipinski definition) is 2. The second-order valence-electron chi connectivity index (χ2n) is 4.88. The van der Waals surface area contributed by atoms with E-state index in [0.717, 1.165) is 18.5 Å². The number of aromatic carboxylic acids is 1. The van der Waals surface area contributed by atoms with E-state index in [1.807, 2.05) is 12.1 Å². The third-order valence-electron chi connectivity index (χ3n) is 3.54. The molecule has 5 heteroatoms. The second kappa shape index (κ2) is 5.28. The van der Waals surface area contributed by atoms with Gasteiger partial charge in [0.25, 0.3) is 0 Å². The molecule has 0 spiro atoms. The topological polar surface area (TPSA) is 75.1 Å². The summed E-state index contributed by atoms with van der Waals surface area (Å²) in [6, 6.07) is 9.31. The van der Waals surface area contributed by atoms with Gasteiger partial charge in [-0.25, -0.2) is 4.79 Å². The first-order chi connectivity index (χ1) is 9.74. The lowest BCUT2D eigenvalue weighted by Crippen LogP contribution is -2.08. The fourth-order valence-electron chi connectivity index (χ4n) is 2.55. The molecule has 1 heterocycles. The minimum Gasteiger partial charge on any atom is -0.476 e. The number of fused-ring (bicyclic) bond motifs is 1. The molecular formula is C15H15N3O2. The van der Waals surface area contributed by atoms with E-state index in [9.17, 15) is 4.79 Å². The lowest BCUT2D eigenvalue weighted by molar-refractivity contribution is 0.0689. The molecule has 2 aromatic rings. The Kier molecular flexibility index (Phi) is 3.33. The maximum Gasteiger partial charge on any atom is 0.356 e. The van der Waals surface area contributed by atoms with Crippen LogP contribution in [0.15, 0.2) is 30.3 Å². The van der Waals surface area contributed by atoms with E-state index in [-0.39, 0.29) is 5.69 Å². The zero-order chi connectivity index (χ0) is 13.9. The van der Waals surface area contributed by atoms with Crippen molar-refractivity contribution in [2.45, 2.75) is 25.7 Å². The highest BCUT2D eigenvalue weighted by atomic mass is 16.4. The van der Waals surface area contributed by atoms with E-state index in [1.54, 1.807) is 6.07 Å². The minimum absolute atomic E-state index is 0.0503. The molecule has 1 aliphatic rings. The molecule has 0 saturated carbocycles. The summed E-state index contributed by atoms with van der Waals surface area (Å²) in [4.78, 5) is 10.7. The highest BCUT2D eigenvalue weighted by Gasteiger charge is 2.13. The van der Waals surface area contributed by atoms with Crippen molar-refractivity contribution in [3.05, 3.63) is 47.2 Å². The molecule has 0 radical (unpaired) electrons. The Balaban J connectivity index is 1.86. The van der Waals surface area contributed by atoms with Gasteiger partial charge in [-0.2, -0.15) is 0 Å². The fraction of sp³-hybridized carbons (Fsp3) is 0.267. The van der Waals surface area contributed by atoms with Crippen molar-refractivity contribution in [2.75, 3.05) is 5.32 Å². The van der Waals surface area contributed by atoms with Crippen molar-refractivity contribution in [1.29, 1.82) is 0 Å². The van der Waals surface area contributed by atoms with Crippen LogP contribution in [0.25, 0.3) is 0 Å². The van der Waals surface area contributed by atoms with Crippen LogP contribution in [0.3, 0.4) is 0 Å². The summed E-state index contributed by atoms with van der Waals surface area (Å²) in [6.45, 7) is 0. The van der Waals surface area contributed by atoms with E-state index in [1.165, 1.54) is 30.0 Å². The van der Waals surface area contributed by atoms with Gasteiger partial charge in [0.1, 0.15) is 0 Å². The van der Waals surface area contributed by atoms with E-state index in [2.05, 4.69) is 21.6 Å². The number of nitrogens with zero attached hydrogens (tertiary/aromatic N) is 2. The molecule has 2 N–H and O–H groups in total. The van der Waals surface area contributed by atoms with Crippen LogP contribution in [-0.2, 0) is 12.8 Å². The van der Waals surface area contributed by atoms with E-state index in [0.29, 0.717) is 5.82 Å². The molecule has 102 valence electrons. The summed E-state index contributed by atoms with van der Waals surface area (Å²) in [7, 11) is 0. The van der Waals surface area contributed by atoms with Crippen LogP contribution in [0.2, 0.25) is 0 Å². The molecule has 0 atom stereocenters. The van der Waals surface area contributed by atoms with Crippen molar-refractivity contribution in [1.82, 2.24) is 10.2 Å². The Morgan fingerprint density at radius 3 is 2.70 bits per heavy atom. The van der Waals surface area contributed by atoms with Crippen LogP contribution in [0.1, 0.15) is 34.5 Å². The molecule has 0 amide bonds. The zero-order valence-electron chi connectivity index (χ0n) is 11.0. The Morgan fingerprint density at radius 2 is 1.95 bits per heavy atom. The average molecular weight is 269 g/mol. The van der Waals surface area contributed by atoms with Gasteiger partial charge in [0, 0.05) is 5.69 Å². The summed E-state index contributed by atoms with van der Waals surface area (Å²) < 4.78 is 0. The van der Waals surface area contributed by atoms with Crippen LogP contribution in [0.5, 0.6) is 0 Å². The molecule has 0 fully saturated rings. The van der Waals surface area contributed by atoms with Crippen molar-refractivity contribution in [3.63, 3.8) is 0 Å². The lowest BCUT2D eigenvalue weighted by Gasteiger charge is -2.19. The first kappa shape index (κ1) is 12.6. The zero-order valence-corrected chi connectivity index (χ0v) is 11.0. The van der Waals surface area contributed by atoms with E-state index >= 15 is 0 Å². The minimum atomic E-state index is -1.07. The van der Waals surface area contributed by atoms with Gasteiger partial charge in [-0.1, -0.05) is 12.1 Å². The Labute approximate surface area is 116 Å². The third-order valence-corrected chi connectivity index (χ3v) is 3.54. The number of carbonyl (C=O) groups is 1. The number of hydrogen-bond acceptors (Lipinski definition) is 4. The summed E-state index contributed by atoms with van der Waals surface area (Å²) in [6.07, 6.45) is 4.63. The quantitative estimate of drug-likeness (QED) is 0.896. The van der Waals surface area contributed by atoms with Gasteiger partial charge in [-0.15, -0.1) is 10.2 Å². The number of nitrogens with one attached hydrogen (secondary N) is 1. The monoisotopic (exact) mass is 269 g/mol. The molecule has 20 heavy (non-hydrogen) atoms. The molecule has 1 aromatic carbocycles. The fourth-order valence-corrected chi connectivity index (χ4v) is 2.55. The van der Waals surface area contributed by atoms with Crippen molar-refractivity contribution < 1.29 is 9.90 Å². The first-order valence-electron chi connectivity index (χ1n) is 6.69. The molecule has 0 unspecified atom stereocenters. The Bertz CT molecular complexity index is 638. The molecule has 5 nitrogen and oxygen atoms in total. The van der Waals surface area contributed by atoms with Gasteiger partial charge in [0.2, 0.25) is 0 Å². The second-order valence-corrected chi connectivity index (χ2v) is 4.88. The van der Waals surface area contributed by atoms with Gasteiger partial charge in [-0.05, 0) is 55.0 Å². The lowest BCUT2D eigenvalue weighted by atomic mass is 9.90. The van der Waals surface area contributed by atoms with Crippen LogP contribution < -0.4 is 5.32 Å². The summed E-state index contributed by atoms with van der Waals surface area (Å²) in [5, 5.41) is 19.6. The Morgan fingerprint density at radius 1 is 1.10 bits per heavy atom. The number of benzene rings is 1. The molecule has 0 saturated heterocycles. The van der Waals surface area contributed by atoms with E-state index < -0.39 is 5.97 Å². The number of aryl methyl sites for hydroxylation is 1. The van der Waals surface area contributed by atoms with E-state index in [4.69, 9.17) is 5.11 Å². The SMILES string of the molecule is O=C(O)c1ccc(Nc2cccc3c2CCCC3)nn1. The highest BCUT2D eigenvalue weighted by molar-refractivity contribution is 5.85. The van der Waals surface area contributed by atoms with Crippen molar-refractivity contribution >= 4 is 17.5 Å². The van der Waals surface area contributed by atoms with Gasteiger partial charge < -0.3 is 10.4 Å². The number of carboxylic acids is 1. The number of aromatic nitrogens is 2. The predicted octanol–water partition coefficient (Wildman–Crippen LogP) is 2.80.